The minimum absolute atomic E-state index is 0.0545. The van der Waals surface area contributed by atoms with Gasteiger partial charge in [0.2, 0.25) is 5.91 Å². The van der Waals surface area contributed by atoms with Crippen LogP contribution in [0, 0.1) is 19.3 Å². The van der Waals surface area contributed by atoms with Gasteiger partial charge in [0.05, 0.1) is 13.2 Å². The molecule has 2 N–H and O–H groups in total. The molecule has 1 saturated heterocycles. The summed E-state index contributed by atoms with van der Waals surface area (Å²) in [5.74, 6) is -1.61. The van der Waals surface area contributed by atoms with Gasteiger partial charge in [-0.25, -0.2) is 0 Å². The van der Waals surface area contributed by atoms with Crippen molar-refractivity contribution in [1.29, 1.82) is 0 Å². The third-order valence-electron chi connectivity index (χ3n) is 3.57. The molecule has 0 atom stereocenters. The molecule has 0 bridgehead atoms. The minimum Gasteiger partial charge on any atom is -0.480 e. The van der Waals surface area contributed by atoms with Crippen molar-refractivity contribution in [2.24, 2.45) is 5.41 Å². The average Bonchev–Trinajstić information content (AvgIpc) is 2.28. The Labute approximate surface area is 111 Å². The molecule has 0 radical (unpaired) electrons. The lowest BCUT2D eigenvalue weighted by molar-refractivity contribution is -0.185. The molecule has 0 aromatic heterocycles. The lowest BCUT2D eigenvalue weighted by Crippen LogP contribution is -2.58. The van der Waals surface area contributed by atoms with Gasteiger partial charge in [-0.3, -0.25) is 9.59 Å². The Balaban J connectivity index is 2.00. The van der Waals surface area contributed by atoms with Gasteiger partial charge in [0.1, 0.15) is 0 Å². The van der Waals surface area contributed by atoms with Crippen LogP contribution in [0.1, 0.15) is 16.7 Å². The lowest BCUT2D eigenvalue weighted by Gasteiger charge is -2.35. The van der Waals surface area contributed by atoms with Crippen molar-refractivity contribution in [2.45, 2.75) is 20.4 Å². The van der Waals surface area contributed by atoms with Gasteiger partial charge in [-0.2, -0.15) is 0 Å². The molecule has 1 heterocycles. The Morgan fingerprint density at radius 1 is 1.32 bits per heavy atom. The second kappa shape index (κ2) is 5.01. The molecule has 1 aromatic rings. The average molecular weight is 263 g/mol. The first kappa shape index (κ1) is 13.5. The van der Waals surface area contributed by atoms with E-state index in [0.717, 1.165) is 11.1 Å². The largest absolute Gasteiger partial charge is 0.480 e. The number of ether oxygens (including phenoxy) is 1. The van der Waals surface area contributed by atoms with Crippen molar-refractivity contribution >= 4 is 11.9 Å². The molecule has 2 rings (SSSR count). The predicted octanol–water partition coefficient (Wildman–Crippen LogP) is 1.02. The maximum Gasteiger partial charge on any atom is 0.324 e. The van der Waals surface area contributed by atoms with Crippen LogP contribution in [0.2, 0.25) is 0 Å². The van der Waals surface area contributed by atoms with Crippen LogP contribution in [-0.2, 0) is 20.9 Å². The molecule has 0 saturated carbocycles. The second-order valence-electron chi connectivity index (χ2n) is 4.98. The van der Waals surface area contributed by atoms with Gasteiger partial charge in [0.15, 0.2) is 5.41 Å². The number of aliphatic carboxylic acids is 1. The van der Waals surface area contributed by atoms with Crippen molar-refractivity contribution in [2.75, 3.05) is 13.2 Å². The van der Waals surface area contributed by atoms with Gasteiger partial charge in [0, 0.05) is 6.54 Å². The number of hydrogen-bond acceptors (Lipinski definition) is 3. The van der Waals surface area contributed by atoms with Gasteiger partial charge in [-0.05, 0) is 30.5 Å². The van der Waals surface area contributed by atoms with Crippen molar-refractivity contribution in [1.82, 2.24) is 5.32 Å². The minimum atomic E-state index is -1.40. The smallest absolute Gasteiger partial charge is 0.324 e. The van der Waals surface area contributed by atoms with E-state index in [1.807, 2.05) is 32.0 Å². The first-order valence-corrected chi connectivity index (χ1v) is 6.11. The van der Waals surface area contributed by atoms with E-state index in [1.54, 1.807) is 0 Å². The third kappa shape index (κ3) is 2.46. The van der Waals surface area contributed by atoms with E-state index in [4.69, 9.17) is 9.84 Å². The lowest BCUT2D eigenvalue weighted by atomic mass is 9.85. The summed E-state index contributed by atoms with van der Waals surface area (Å²) in [6, 6.07) is 5.89. The van der Waals surface area contributed by atoms with Crippen LogP contribution in [0.25, 0.3) is 0 Å². The highest BCUT2D eigenvalue weighted by atomic mass is 16.5. The maximum absolute atomic E-state index is 11.9. The monoisotopic (exact) mass is 263 g/mol. The van der Waals surface area contributed by atoms with Gasteiger partial charge in [0.25, 0.3) is 0 Å². The number of carbonyl (C=O) groups is 2. The predicted molar refractivity (Wildman–Crippen MR) is 68.7 cm³/mol. The van der Waals surface area contributed by atoms with Crippen molar-refractivity contribution < 1.29 is 19.4 Å². The quantitative estimate of drug-likeness (QED) is 0.795. The number of amides is 1. The zero-order valence-electron chi connectivity index (χ0n) is 11.0. The Kier molecular flexibility index (Phi) is 3.57. The van der Waals surface area contributed by atoms with E-state index in [-0.39, 0.29) is 13.2 Å². The number of carboxylic acids is 1. The van der Waals surface area contributed by atoms with Gasteiger partial charge >= 0.3 is 5.97 Å². The van der Waals surface area contributed by atoms with E-state index in [9.17, 15) is 9.59 Å². The Hall–Kier alpha value is -1.88. The van der Waals surface area contributed by atoms with Crippen molar-refractivity contribution in [3.8, 4) is 0 Å². The molecular formula is C14H17NO4. The summed E-state index contributed by atoms with van der Waals surface area (Å²) in [5.41, 5.74) is 1.88. The molecule has 0 unspecified atom stereocenters. The van der Waals surface area contributed by atoms with Gasteiger partial charge in [-0.1, -0.05) is 18.2 Å². The summed E-state index contributed by atoms with van der Waals surface area (Å²) in [6.07, 6.45) is 0. The molecule has 0 aliphatic carbocycles. The summed E-state index contributed by atoms with van der Waals surface area (Å²) >= 11 is 0. The van der Waals surface area contributed by atoms with Crippen LogP contribution in [0.15, 0.2) is 18.2 Å². The van der Waals surface area contributed by atoms with E-state index >= 15 is 0 Å². The molecule has 1 aliphatic heterocycles. The normalized spacial score (nSPS) is 16.5. The van der Waals surface area contributed by atoms with Crippen LogP contribution < -0.4 is 5.32 Å². The fourth-order valence-corrected chi connectivity index (χ4v) is 1.92. The van der Waals surface area contributed by atoms with Crippen molar-refractivity contribution in [3.63, 3.8) is 0 Å². The molecule has 102 valence electrons. The summed E-state index contributed by atoms with van der Waals surface area (Å²) < 4.78 is 4.87. The fraction of sp³-hybridized carbons (Fsp3) is 0.429. The van der Waals surface area contributed by atoms with Crippen LogP contribution in [-0.4, -0.2) is 30.2 Å². The fourth-order valence-electron chi connectivity index (χ4n) is 1.92. The molecular weight excluding hydrogens is 246 g/mol. The summed E-state index contributed by atoms with van der Waals surface area (Å²) in [4.78, 5) is 23.1. The highest BCUT2D eigenvalue weighted by Gasteiger charge is 2.53. The molecule has 1 aromatic carbocycles. The summed E-state index contributed by atoms with van der Waals surface area (Å²) in [7, 11) is 0. The number of benzene rings is 1. The van der Waals surface area contributed by atoms with E-state index in [2.05, 4.69) is 5.32 Å². The molecule has 5 nitrogen and oxygen atoms in total. The Morgan fingerprint density at radius 2 is 2.00 bits per heavy atom. The first-order chi connectivity index (χ1) is 8.95. The number of aryl methyl sites for hydroxylation is 2. The molecule has 0 spiro atoms. The molecule has 1 aliphatic rings. The summed E-state index contributed by atoms with van der Waals surface area (Å²) in [6.45, 7) is 4.24. The number of carboxylic acid groups (broad SMARTS) is 1. The standard InChI is InChI=1S/C14H17NO4/c1-9-3-4-11(5-10(9)2)6-15-12(16)14(13(17)18)7-19-8-14/h3-5H,6-8H2,1-2H3,(H,15,16)(H,17,18). The van der Waals surface area contributed by atoms with Gasteiger partial charge < -0.3 is 15.2 Å². The summed E-state index contributed by atoms with van der Waals surface area (Å²) in [5, 5.41) is 11.8. The molecule has 1 amide bonds. The van der Waals surface area contributed by atoms with Crippen LogP contribution >= 0.6 is 0 Å². The zero-order valence-corrected chi connectivity index (χ0v) is 11.0. The zero-order chi connectivity index (χ0) is 14.0. The van der Waals surface area contributed by atoms with Gasteiger partial charge in [-0.15, -0.1) is 0 Å². The topological polar surface area (TPSA) is 75.6 Å². The Bertz CT molecular complexity index is 520. The second-order valence-corrected chi connectivity index (χ2v) is 4.98. The molecule has 1 fully saturated rings. The molecule has 19 heavy (non-hydrogen) atoms. The van der Waals surface area contributed by atoms with Crippen LogP contribution in [0.4, 0.5) is 0 Å². The van der Waals surface area contributed by atoms with Crippen molar-refractivity contribution in [3.05, 3.63) is 34.9 Å². The van der Waals surface area contributed by atoms with Crippen LogP contribution in [0.5, 0.6) is 0 Å². The first-order valence-electron chi connectivity index (χ1n) is 6.11. The SMILES string of the molecule is Cc1ccc(CNC(=O)C2(C(=O)O)COC2)cc1C. The van der Waals surface area contributed by atoms with Crippen LogP contribution in [0.3, 0.4) is 0 Å². The molecule has 5 heteroatoms. The van der Waals surface area contributed by atoms with E-state index in [0.29, 0.717) is 6.54 Å². The highest BCUT2D eigenvalue weighted by Crippen LogP contribution is 2.28. The third-order valence-corrected chi connectivity index (χ3v) is 3.57. The van der Waals surface area contributed by atoms with E-state index in [1.165, 1.54) is 5.56 Å². The van der Waals surface area contributed by atoms with E-state index < -0.39 is 17.3 Å². The number of rotatable bonds is 4. The maximum atomic E-state index is 11.9. The Morgan fingerprint density at radius 3 is 2.47 bits per heavy atom. The highest BCUT2D eigenvalue weighted by molar-refractivity contribution is 6.03. The number of carbonyl (C=O) groups excluding carboxylic acids is 1. The number of nitrogens with one attached hydrogen (secondary N) is 1. The number of hydrogen-bond donors (Lipinski definition) is 2.